The van der Waals surface area contributed by atoms with E-state index in [0.29, 0.717) is 37.7 Å². The van der Waals surface area contributed by atoms with Gasteiger partial charge in [0.15, 0.2) is 0 Å². The van der Waals surface area contributed by atoms with Crippen molar-refractivity contribution in [3.63, 3.8) is 0 Å². The van der Waals surface area contributed by atoms with Gasteiger partial charge in [0, 0.05) is 43.6 Å². The van der Waals surface area contributed by atoms with E-state index in [9.17, 15) is 19.2 Å². The molecular weight excluding hydrogens is 911 g/mol. The smallest absolute Gasteiger partial charge is 0.432 e. The fraction of sp³-hybridized carbons (Fsp3) is 0.623. The van der Waals surface area contributed by atoms with E-state index in [1.54, 1.807) is 6.92 Å². The first-order valence-corrected chi connectivity index (χ1v) is 23.5. The van der Waals surface area contributed by atoms with E-state index in [0.717, 1.165) is 44.1 Å². The summed E-state index contributed by atoms with van der Waals surface area (Å²) in [7, 11) is 2.87. The summed E-state index contributed by atoms with van der Waals surface area (Å²) in [5, 5.41) is 0. The molecule has 0 aromatic heterocycles. The van der Waals surface area contributed by atoms with E-state index in [-0.39, 0.29) is 44.1 Å². The molecule has 2 aromatic rings. The first-order valence-electron chi connectivity index (χ1n) is 23.5. The van der Waals surface area contributed by atoms with Gasteiger partial charge in [0.2, 0.25) is 0 Å². The van der Waals surface area contributed by atoms with Crippen LogP contribution in [-0.4, -0.2) is 75.9 Å². The molecule has 12 atom stereocenters. The fourth-order valence-corrected chi connectivity index (χ4v) is 14.6. The lowest BCUT2D eigenvalue weighted by atomic mass is 9.33. The second kappa shape index (κ2) is 17.6. The van der Waals surface area contributed by atoms with Crippen LogP contribution < -0.4 is 0 Å². The number of carbonyl (C=O) groups is 4. The second-order valence-corrected chi connectivity index (χ2v) is 21.2. The van der Waals surface area contributed by atoms with Crippen molar-refractivity contribution in [2.45, 2.75) is 135 Å². The van der Waals surface area contributed by atoms with Crippen LogP contribution in [0.15, 0.2) is 84.5 Å². The van der Waals surface area contributed by atoms with Crippen LogP contribution in [0.3, 0.4) is 0 Å². The number of hydrogen-bond donors (Lipinski definition) is 0. The highest BCUT2D eigenvalue weighted by atomic mass is 19.4. The van der Waals surface area contributed by atoms with Gasteiger partial charge in [0.1, 0.15) is 18.3 Å². The Labute approximate surface area is 399 Å². The van der Waals surface area contributed by atoms with Crippen molar-refractivity contribution in [1.82, 2.24) is 0 Å². The first kappa shape index (κ1) is 52.1. The van der Waals surface area contributed by atoms with Crippen molar-refractivity contribution in [1.29, 1.82) is 0 Å². The maximum absolute atomic E-state index is 15.4. The Hall–Kier alpha value is -4.70. The van der Waals surface area contributed by atoms with Crippen molar-refractivity contribution in [2.24, 2.45) is 44.8 Å². The van der Waals surface area contributed by atoms with E-state index in [1.807, 2.05) is 6.08 Å². The maximum atomic E-state index is 15.4. The summed E-state index contributed by atoms with van der Waals surface area (Å²) in [5.41, 5.74) is -13.2. The van der Waals surface area contributed by atoms with Gasteiger partial charge in [-0.2, -0.15) is 26.3 Å². The largest absolute Gasteiger partial charge is 0.469 e. The minimum atomic E-state index is -5.28. The second-order valence-electron chi connectivity index (χ2n) is 21.2. The number of hydrogen-bond acceptors (Lipinski definition) is 10. The molecule has 5 aliphatic rings. The summed E-state index contributed by atoms with van der Waals surface area (Å²) >= 11 is 0. The summed E-state index contributed by atoms with van der Waals surface area (Å²) in [4.78, 5) is 55.6. The zero-order chi connectivity index (χ0) is 51.0. The number of methoxy groups -OCH3 is 3. The van der Waals surface area contributed by atoms with Crippen LogP contribution in [0, 0.1) is 44.8 Å². The average Bonchev–Trinajstić information content (AvgIpc) is 3.28. The third-order valence-corrected chi connectivity index (χ3v) is 18.4. The molecule has 0 bridgehead atoms. The molecule has 0 radical (unpaired) electrons. The van der Waals surface area contributed by atoms with Crippen LogP contribution in [0.5, 0.6) is 0 Å². The lowest BCUT2D eigenvalue weighted by Crippen LogP contribution is -2.68. The van der Waals surface area contributed by atoms with Gasteiger partial charge in [0.25, 0.3) is 11.2 Å². The highest BCUT2D eigenvalue weighted by molar-refractivity contribution is 5.85. The molecule has 0 aliphatic heterocycles. The number of carbonyl (C=O) groups excluding carboxylic acids is 4. The lowest BCUT2D eigenvalue weighted by molar-refractivity contribution is -0.286. The minimum Gasteiger partial charge on any atom is -0.469 e. The molecule has 7 rings (SSSR count). The molecule has 0 N–H and O–H groups in total. The van der Waals surface area contributed by atoms with Gasteiger partial charge in [-0.3, -0.25) is 9.59 Å². The van der Waals surface area contributed by atoms with Gasteiger partial charge in [-0.25, -0.2) is 9.59 Å². The molecule has 69 heavy (non-hydrogen) atoms. The zero-order valence-electron chi connectivity index (χ0n) is 40.8. The van der Waals surface area contributed by atoms with Gasteiger partial charge in [-0.05, 0) is 98.4 Å². The normalized spacial score (nSPS) is 36.0. The Morgan fingerprint density at radius 1 is 0.710 bits per heavy atom. The van der Waals surface area contributed by atoms with Crippen molar-refractivity contribution in [3.05, 3.63) is 95.6 Å². The number of alkyl halides is 6. The van der Waals surface area contributed by atoms with Gasteiger partial charge in [-0.1, -0.05) is 107 Å². The van der Waals surface area contributed by atoms with Crippen LogP contribution in [0.4, 0.5) is 26.3 Å². The predicted octanol–water partition coefficient (Wildman–Crippen LogP) is 11.1. The van der Waals surface area contributed by atoms with E-state index >= 15 is 26.3 Å². The molecule has 16 heteroatoms. The van der Waals surface area contributed by atoms with Crippen LogP contribution in [0.25, 0.3) is 0 Å². The molecule has 5 aliphatic carbocycles. The molecule has 0 amide bonds. The maximum Gasteiger partial charge on any atom is 0.432 e. The Balaban J connectivity index is 1.31. The summed E-state index contributed by atoms with van der Waals surface area (Å²) in [5.74, 6) is -6.07. The monoisotopic (exact) mass is 974 g/mol. The van der Waals surface area contributed by atoms with Gasteiger partial charge >= 0.3 is 36.2 Å². The fourth-order valence-electron chi connectivity index (χ4n) is 14.6. The molecule has 4 fully saturated rings. The van der Waals surface area contributed by atoms with E-state index in [4.69, 9.17) is 28.4 Å². The molecule has 0 unspecified atom stereocenters. The Bertz CT molecular complexity index is 2370. The van der Waals surface area contributed by atoms with Crippen molar-refractivity contribution in [2.75, 3.05) is 27.9 Å². The zero-order valence-corrected chi connectivity index (χ0v) is 40.8. The predicted molar refractivity (Wildman–Crippen MR) is 240 cm³/mol. The number of halogens is 6. The summed E-state index contributed by atoms with van der Waals surface area (Å²) < 4.78 is 125. The quantitative estimate of drug-likeness (QED) is 0.0930. The number of fused-ring (bicyclic) bond motifs is 7. The van der Waals surface area contributed by atoms with E-state index < -0.39 is 103 Å². The topological polar surface area (TPSA) is 124 Å². The highest BCUT2D eigenvalue weighted by Crippen LogP contribution is 2.76. The van der Waals surface area contributed by atoms with Crippen molar-refractivity contribution in [3.8, 4) is 0 Å². The van der Waals surface area contributed by atoms with Gasteiger partial charge in [0.05, 0.1) is 12.5 Å². The van der Waals surface area contributed by atoms with Crippen LogP contribution >= 0.6 is 0 Å². The Kier molecular flexibility index (Phi) is 13.3. The van der Waals surface area contributed by atoms with Gasteiger partial charge < -0.3 is 28.4 Å². The van der Waals surface area contributed by atoms with Gasteiger partial charge in [-0.15, -0.1) is 0 Å². The van der Waals surface area contributed by atoms with Crippen LogP contribution in [0.1, 0.15) is 110 Å². The van der Waals surface area contributed by atoms with Crippen LogP contribution in [0.2, 0.25) is 0 Å². The number of rotatable bonds is 11. The molecule has 2 aromatic carbocycles. The first-order chi connectivity index (χ1) is 32.1. The standard InChI is InChI=1S/C53H64F6O10/c1-32-23-28-49(41(61)64-8)30-29-46(5)36(40(49)48(32,7)69-43(63)51(66-10,53(57,58)59)35-19-15-12-16-20-35)21-22-38-44(3)26-25-39(45(4,31-67-33(2)60)37(44)24-27-47(38,46)6)68-42(62)50(65-9,52(54,55)56)34-17-13-11-14-18-34/h11-21,37-40H,1,22-31H2,2-10H3/t37-,38-,39-,40-,44+,45-,46-,47-,48-,49+,50-,51-/m1/s1. The van der Waals surface area contributed by atoms with Crippen LogP contribution in [-0.2, 0) is 58.8 Å². The molecule has 4 saturated carbocycles. The summed E-state index contributed by atoms with van der Waals surface area (Å²) in [6, 6.07) is 13.1. The van der Waals surface area contributed by atoms with E-state index in [2.05, 4.69) is 27.4 Å². The Morgan fingerprint density at radius 3 is 1.77 bits per heavy atom. The number of ether oxygens (including phenoxy) is 6. The Morgan fingerprint density at radius 2 is 1.26 bits per heavy atom. The third kappa shape index (κ3) is 7.40. The molecule has 378 valence electrons. The molecular formula is C53H64F6O10. The lowest BCUT2D eigenvalue weighted by Gasteiger charge is -2.71. The average molecular weight is 975 g/mol. The number of benzene rings is 2. The number of allylic oxidation sites excluding steroid dienone is 1. The molecule has 0 heterocycles. The van der Waals surface area contributed by atoms with Crippen molar-refractivity contribution < 1.29 is 73.9 Å². The van der Waals surface area contributed by atoms with Crippen molar-refractivity contribution >= 4 is 23.9 Å². The summed E-state index contributed by atoms with van der Waals surface area (Å²) in [6.45, 7) is 15.0. The minimum absolute atomic E-state index is 0.118. The third-order valence-electron chi connectivity index (χ3n) is 18.4. The highest BCUT2D eigenvalue weighted by Gasteiger charge is 2.74. The summed E-state index contributed by atoms with van der Waals surface area (Å²) in [6.07, 6.45) is -6.59. The molecule has 10 nitrogen and oxygen atoms in total. The number of esters is 4. The molecule has 0 spiro atoms. The SMILES string of the molecule is C=C1CC[C@]2(C(=O)OC)CC[C@]3(C)C(=CC[C@@H]4[C@@]5(C)CC[C@@H](OC(=O)[C@](OC)(c6ccccc6)C(F)(F)F)[C@](C)(COC(C)=O)[C@@H]5CC[C@]43C)[C@@H]2[C@]1(C)OC(=O)[C@](OC)(c1ccccc1)C(F)(F)F. The molecule has 0 saturated heterocycles. The van der Waals surface area contributed by atoms with E-state index in [1.165, 1.54) is 57.4 Å².